The third kappa shape index (κ3) is 3.99. The summed E-state index contributed by atoms with van der Waals surface area (Å²) < 4.78 is 15.4. The van der Waals surface area contributed by atoms with E-state index in [1.807, 2.05) is 30.3 Å². The Bertz CT molecular complexity index is 1400. The lowest BCUT2D eigenvalue weighted by Crippen LogP contribution is -2.67. The zero-order valence-electron chi connectivity index (χ0n) is 21.7. The van der Waals surface area contributed by atoms with Crippen LogP contribution in [0.15, 0.2) is 83.3 Å². The summed E-state index contributed by atoms with van der Waals surface area (Å²) >= 11 is 0. The van der Waals surface area contributed by atoms with Crippen LogP contribution in [-0.2, 0) is 39.9 Å². The van der Waals surface area contributed by atoms with Crippen LogP contribution in [-0.4, -0.2) is 65.1 Å². The van der Waals surface area contributed by atoms with Gasteiger partial charge in [-0.25, -0.2) is 14.4 Å². The number of hydrogen-bond acceptors (Lipinski definition) is 9. The molecule has 1 amide bonds. The Balaban J connectivity index is 1.87. The average molecular weight is 533 g/mol. The molecule has 0 aliphatic carbocycles. The summed E-state index contributed by atoms with van der Waals surface area (Å²) in [5.41, 5.74) is -0.842. The smallest absolute Gasteiger partial charge is 0.348 e. The molecule has 3 atom stereocenters. The quantitative estimate of drug-likeness (QED) is 0.351. The molecule has 3 heterocycles. The van der Waals surface area contributed by atoms with Crippen molar-refractivity contribution in [2.24, 2.45) is 5.92 Å². The summed E-state index contributed by atoms with van der Waals surface area (Å²) in [6.45, 7) is 1.80. The number of ether oxygens (including phenoxy) is 3. The van der Waals surface area contributed by atoms with Crippen molar-refractivity contribution >= 4 is 23.8 Å². The molecule has 0 radical (unpaired) electrons. The van der Waals surface area contributed by atoms with Crippen LogP contribution < -0.4 is 0 Å². The number of hydrogen-bond donors (Lipinski definition) is 1. The fourth-order valence-electron chi connectivity index (χ4n) is 5.67. The maximum atomic E-state index is 14.4. The Morgan fingerprint density at radius 3 is 2.28 bits per heavy atom. The second kappa shape index (κ2) is 10.0. The Hall–Kier alpha value is -4.44. The highest BCUT2D eigenvalue weighted by atomic mass is 16.5. The third-order valence-corrected chi connectivity index (χ3v) is 7.51. The molecule has 0 aromatic heterocycles. The van der Waals surface area contributed by atoms with E-state index in [1.165, 1.54) is 7.11 Å². The Labute approximate surface area is 225 Å². The molecule has 10 heteroatoms. The van der Waals surface area contributed by atoms with Crippen LogP contribution >= 0.6 is 0 Å². The normalized spacial score (nSPS) is 24.6. The van der Waals surface area contributed by atoms with Gasteiger partial charge in [-0.15, -0.1) is 0 Å². The lowest BCUT2D eigenvalue weighted by atomic mass is 9.73. The molecule has 0 bridgehead atoms. The van der Waals surface area contributed by atoms with Gasteiger partial charge in [0.15, 0.2) is 0 Å². The standard InChI is InChI=1S/C29H28N2O8/c1-17-21(25(32)37-2)23(19-12-8-5-9-13-19)31-24(30(17)16-18-10-6-4-7-11-18)22-20(14-15-39-26(22)33)29(36,27(31)34)28(35)38-3/h4-13,20,23,36H,14-16H2,1-3H3/t20?,23?,29-/m0/s1. The van der Waals surface area contributed by atoms with E-state index in [4.69, 9.17) is 14.2 Å². The monoisotopic (exact) mass is 532 g/mol. The molecular weight excluding hydrogens is 504 g/mol. The molecule has 202 valence electrons. The van der Waals surface area contributed by atoms with Crippen molar-refractivity contribution < 1.29 is 38.5 Å². The number of rotatable bonds is 5. The maximum Gasteiger partial charge on any atom is 0.348 e. The molecule has 1 N–H and O–H groups in total. The SMILES string of the molecule is COC(=O)C1=C(C)N(Cc2ccccc2)C2=C3C(=O)OCCC3[C@@](O)(C(=O)OC)C(=O)N2C1c1ccccc1. The number of fused-ring (bicyclic) bond motifs is 2. The number of aliphatic hydroxyl groups is 1. The summed E-state index contributed by atoms with van der Waals surface area (Å²) in [6, 6.07) is 16.9. The number of carbonyl (C=O) groups excluding carboxylic acids is 4. The van der Waals surface area contributed by atoms with Gasteiger partial charge < -0.3 is 24.2 Å². The molecule has 2 aromatic rings. The molecule has 1 fully saturated rings. The van der Waals surface area contributed by atoms with Crippen molar-refractivity contribution in [2.45, 2.75) is 31.5 Å². The molecule has 2 unspecified atom stereocenters. The highest BCUT2D eigenvalue weighted by Gasteiger charge is 2.65. The van der Waals surface area contributed by atoms with Gasteiger partial charge in [0.1, 0.15) is 5.82 Å². The van der Waals surface area contributed by atoms with Gasteiger partial charge in [-0.1, -0.05) is 60.7 Å². The van der Waals surface area contributed by atoms with Gasteiger partial charge in [0.2, 0.25) is 5.60 Å². The van der Waals surface area contributed by atoms with Crippen LogP contribution in [0.2, 0.25) is 0 Å². The van der Waals surface area contributed by atoms with Crippen molar-refractivity contribution in [1.29, 1.82) is 0 Å². The topological polar surface area (TPSA) is 123 Å². The average Bonchev–Trinajstić information content (AvgIpc) is 2.96. The minimum absolute atomic E-state index is 0.0254. The summed E-state index contributed by atoms with van der Waals surface area (Å²) in [4.78, 5) is 57.0. The zero-order valence-corrected chi connectivity index (χ0v) is 21.7. The first-order valence-corrected chi connectivity index (χ1v) is 12.5. The van der Waals surface area contributed by atoms with E-state index >= 15 is 0 Å². The van der Waals surface area contributed by atoms with Gasteiger partial charge >= 0.3 is 17.9 Å². The van der Waals surface area contributed by atoms with E-state index in [-0.39, 0.29) is 36.5 Å². The summed E-state index contributed by atoms with van der Waals surface area (Å²) in [5, 5.41) is 11.8. The second-order valence-corrected chi connectivity index (χ2v) is 9.52. The summed E-state index contributed by atoms with van der Waals surface area (Å²) in [5.74, 6) is -4.74. The van der Waals surface area contributed by atoms with Crippen molar-refractivity contribution in [1.82, 2.24) is 9.80 Å². The highest BCUT2D eigenvalue weighted by molar-refractivity contribution is 6.12. The first-order chi connectivity index (χ1) is 18.7. The number of benzene rings is 2. The fraction of sp³-hybridized carbons (Fsp3) is 0.310. The van der Waals surface area contributed by atoms with Crippen molar-refractivity contribution in [2.75, 3.05) is 20.8 Å². The molecule has 5 rings (SSSR count). The number of nitrogens with zero attached hydrogens (tertiary/aromatic N) is 2. The predicted molar refractivity (Wildman–Crippen MR) is 136 cm³/mol. The number of allylic oxidation sites excluding steroid dienone is 1. The highest BCUT2D eigenvalue weighted by Crippen LogP contribution is 2.51. The maximum absolute atomic E-state index is 14.4. The van der Waals surface area contributed by atoms with Gasteiger partial charge in [0, 0.05) is 18.2 Å². The van der Waals surface area contributed by atoms with E-state index in [1.54, 1.807) is 42.2 Å². The van der Waals surface area contributed by atoms with Gasteiger partial charge in [0.05, 0.1) is 38.0 Å². The molecule has 2 aromatic carbocycles. The van der Waals surface area contributed by atoms with Gasteiger partial charge in [0.25, 0.3) is 5.91 Å². The lowest BCUT2D eigenvalue weighted by Gasteiger charge is -2.53. The molecule has 1 saturated heterocycles. The first-order valence-electron chi connectivity index (χ1n) is 12.5. The molecule has 0 spiro atoms. The number of esters is 3. The summed E-state index contributed by atoms with van der Waals surface area (Å²) in [6.07, 6.45) is 0.0254. The van der Waals surface area contributed by atoms with Crippen LogP contribution in [0.4, 0.5) is 0 Å². The van der Waals surface area contributed by atoms with E-state index in [2.05, 4.69) is 0 Å². The lowest BCUT2D eigenvalue weighted by molar-refractivity contribution is -0.186. The zero-order chi connectivity index (χ0) is 27.9. The number of cyclic esters (lactones) is 1. The van der Waals surface area contributed by atoms with Crippen LogP contribution in [0.1, 0.15) is 30.5 Å². The Kier molecular flexibility index (Phi) is 6.73. The van der Waals surface area contributed by atoms with E-state index < -0.39 is 41.4 Å². The third-order valence-electron chi connectivity index (χ3n) is 7.51. The Morgan fingerprint density at radius 1 is 1.03 bits per heavy atom. The molecule has 3 aliphatic heterocycles. The van der Waals surface area contributed by atoms with Crippen molar-refractivity contribution in [3.8, 4) is 0 Å². The van der Waals surface area contributed by atoms with Crippen LogP contribution in [0, 0.1) is 5.92 Å². The van der Waals surface area contributed by atoms with Gasteiger partial charge in [-0.3, -0.25) is 9.69 Å². The van der Waals surface area contributed by atoms with Crippen LogP contribution in [0.5, 0.6) is 0 Å². The minimum Gasteiger partial charge on any atom is -0.466 e. The molecular formula is C29H28N2O8. The largest absolute Gasteiger partial charge is 0.466 e. The van der Waals surface area contributed by atoms with Crippen LogP contribution in [0.25, 0.3) is 0 Å². The fourth-order valence-corrected chi connectivity index (χ4v) is 5.67. The van der Waals surface area contributed by atoms with E-state index in [0.717, 1.165) is 17.6 Å². The molecule has 0 saturated carbocycles. The predicted octanol–water partition coefficient (Wildman–Crippen LogP) is 2.21. The first kappa shape index (κ1) is 26.2. The van der Waals surface area contributed by atoms with Gasteiger partial charge in [-0.05, 0) is 24.5 Å². The molecule has 10 nitrogen and oxygen atoms in total. The van der Waals surface area contributed by atoms with Crippen LogP contribution in [0.3, 0.4) is 0 Å². The van der Waals surface area contributed by atoms with Crippen molar-refractivity contribution in [3.05, 3.63) is 94.5 Å². The number of methoxy groups -OCH3 is 2. The molecule has 39 heavy (non-hydrogen) atoms. The van der Waals surface area contributed by atoms with Gasteiger partial charge in [-0.2, -0.15) is 0 Å². The molecule has 3 aliphatic rings. The Morgan fingerprint density at radius 2 is 1.67 bits per heavy atom. The minimum atomic E-state index is -2.72. The summed E-state index contributed by atoms with van der Waals surface area (Å²) in [7, 11) is 2.29. The number of amides is 1. The van der Waals surface area contributed by atoms with E-state index in [9.17, 15) is 24.3 Å². The number of carbonyl (C=O) groups is 4. The van der Waals surface area contributed by atoms with Crippen molar-refractivity contribution in [3.63, 3.8) is 0 Å². The second-order valence-electron chi connectivity index (χ2n) is 9.52. The van der Waals surface area contributed by atoms with E-state index in [0.29, 0.717) is 11.3 Å².